The third-order valence-electron chi connectivity index (χ3n) is 1.42. The van der Waals surface area contributed by atoms with Crippen LogP contribution in [0.25, 0.3) is 0 Å². The second kappa shape index (κ2) is 4.99. The van der Waals surface area contributed by atoms with E-state index in [9.17, 15) is 4.79 Å². The molecule has 0 aromatic carbocycles. The van der Waals surface area contributed by atoms with Crippen molar-refractivity contribution >= 4 is 6.16 Å². The first-order valence-corrected chi connectivity index (χ1v) is 3.92. The molecule has 0 amide bonds. The van der Waals surface area contributed by atoms with Crippen LogP contribution in [0, 0.1) is 0 Å². The molecule has 0 spiro atoms. The summed E-state index contributed by atoms with van der Waals surface area (Å²) in [5, 5.41) is 0. The topological polar surface area (TPSA) is 79.8 Å². The number of rotatable bonds is 3. The largest absolute Gasteiger partial charge is 0.516 e. The summed E-state index contributed by atoms with van der Waals surface area (Å²) in [5.74, 6) is 0.446. The van der Waals surface area contributed by atoms with Crippen LogP contribution in [-0.2, 0) is 4.74 Å². The molecule has 1 heterocycles. The fourth-order valence-electron chi connectivity index (χ4n) is 0.755. The Morgan fingerprint density at radius 2 is 1.67 bits per heavy atom. The molecule has 15 heavy (non-hydrogen) atoms. The SMILES string of the molecule is COC(=O)Oc1nc(OC)cc(OC)n1. The zero-order valence-electron chi connectivity index (χ0n) is 8.51. The van der Waals surface area contributed by atoms with Crippen LogP contribution < -0.4 is 14.2 Å². The lowest BCUT2D eigenvalue weighted by Crippen LogP contribution is -2.10. The molecule has 0 aliphatic carbocycles. The highest BCUT2D eigenvalue weighted by atomic mass is 16.7. The first kappa shape index (κ1) is 11.0. The van der Waals surface area contributed by atoms with E-state index in [1.54, 1.807) is 0 Å². The van der Waals surface area contributed by atoms with Gasteiger partial charge in [-0.3, -0.25) is 0 Å². The fraction of sp³-hybridized carbons (Fsp3) is 0.375. The summed E-state index contributed by atoms with van der Waals surface area (Å²) in [6.07, 6.45) is -0.912. The van der Waals surface area contributed by atoms with Gasteiger partial charge in [0.2, 0.25) is 11.8 Å². The Hall–Kier alpha value is -2.05. The molecule has 0 bridgehead atoms. The maximum absolute atomic E-state index is 10.8. The Balaban J connectivity index is 2.91. The average Bonchev–Trinajstić information content (AvgIpc) is 2.28. The second-order valence-electron chi connectivity index (χ2n) is 2.29. The smallest absolute Gasteiger partial charge is 0.481 e. The molecule has 0 radical (unpaired) electrons. The van der Waals surface area contributed by atoms with Crippen LogP contribution >= 0.6 is 0 Å². The maximum Gasteiger partial charge on any atom is 0.516 e. The van der Waals surface area contributed by atoms with Crippen molar-refractivity contribution in [2.75, 3.05) is 21.3 Å². The quantitative estimate of drug-likeness (QED) is 0.683. The molecule has 0 unspecified atom stereocenters. The van der Waals surface area contributed by atoms with Crippen molar-refractivity contribution in [3.8, 4) is 17.8 Å². The monoisotopic (exact) mass is 214 g/mol. The highest BCUT2D eigenvalue weighted by molar-refractivity contribution is 5.62. The molecule has 0 fully saturated rings. The van der Waals surface area contributed by atoms with Gasteiger partial charge in [0, 0.05) is 0 Å². The van der Waals surface area contributed by atoms with E-state index in [1.807, 2.05) is 0 Å². The molecular weight excluding hydrogens is 204 g/mol. The molecule has 7 nitrogen and oxygen atoms in total. The van der Waals surface area contributed by atoms with Gasteiger partial charge in [-0.25, -0.2) is 4.79 Å². The Labute approximate surface area is 85.9 Å². The molecule has 82 valence electrons. The Morgan fingerprint density at radius 1 is 1.13 bits per heavy atom. The minimum absolute atomic E-state index is 0.196. The molecule has 0 saturated carbocycles. The Morgan fingerprint density at radius 3 is 2.07 bits per heavy atom. The predicted octanol–water partition coefficient (Wildman–Crippen LogP) is 0.639. The maximum atomic E-state index is 10.8. The highest BCUT2D eigenvalue weighted by Gasteiger charge is 2.10. The lowest BCUT2D eigenvalue weighted by Gasteiger charge is -2.05. The van der Waals surface area contributed by atoms with Gasteiger partial charge < -0.3 is 18.9 Å². The van der Waals surface area contributed by atoms with Gasteiger partial charge in [0.05, 0.1) is 27.4 Å². The van der Waals surface area contributed by atoms with Gasteiger partial charge in [-0.15, -0.1) is 0 Å². The van der Waals surface area contributed by atoms with Gasteiger partial charge >= 0.3 is 12.2 Å². The van der Waals surface area contributed by atoms with Crippen LogP contribution in [-0.4, -0.2) is 37.5 Å². The second-order valence-corrected chi connectivity index (χ2v) is 2.29. The third kappa shape index (κ3) is 2.97. The zero-order chi connectivity index (χ0) is 11.3. The molecule has 0 aliphatic heterocycles. The van der Waals surface area contributed by atoms with Crippen molar-refractivity contribution < 1.29 is 23.7 Å². The van der Waals surface area contributed by atoms with E-state index in [0.717, 1.165) is 0 Å². The number of nitrogens with zero attached hydrogens (tertiary/aromatic N) is 2. The van der Waals surface area contributed by atoms with Crippen molar-refractivity contribution in [1.82, 2.24) is 9.97 Å². The van der Waals surface area contributed by atoms with E-state index in [1.165, 1.54) is 27.4 Å². The standard InChI is InChI=1S/C8H10N2O5/c1-12-5-4-6(13-2)10-7(9-5)15-8(11)14-3/h4H,1-3H3. The molecular formula is C8H10N2O5. The van der Waals surface area contributed by atoms with Crippen LogP contribution in [0.2, 0.25) is 0 Å². The lowest BCUT2D eigenvalue weighted by atomic mass is 10.6. The van der Waals surface area contributed by atoms with Crippen LogP contribution in [0.3, 0.4) is 0 Å². The predicted molar refractivity (Wildman–Crippen MR) is 48.2 cm³/mol. The van der Waals surface area contributed by atoms with E-state index in [2.05, 4.69) is 19.4 Å². The van der Waals surface area contributed by atoms with Crippen molar-refractivity contribution in [3.05, 3.63) is 6.07 Å². The van der Waals surface area contributed by atoms with Gasteiger partial charge in [-0.2, -0.15) is 9.97 Å². The number of carbonyl (C=O) groups excluding carboxylic acids is 1. The van der Waals surface area contributed by atoms with E-state index in [0.29, 0.717) is 0 Å². The first-order valence-electron chi connectivity index (χ1n) is 3.92. The fourth-order valence-corrected chi connectivity index (χ4v) is 0.755. The van der Waals surface area contributed by atoms with Crippen molar-refractivity contribution in [3.63, 3.8) is 0 Å². The van der Waals surface area contributed by atoms with Gasteiger partial charge in [0.15, 0.2) is 0 Å². The van der Waals surface area contributed by atoms with Crippen LogP contribution in [0.15, 0.2) is 6.07 Å². The normalized spacial score (nSPS) is 9.27. The summed E-state index contributed by atoms with van der Waals surface area (Å²) >= 11 is 0. The van der Waals surface area contributed by atoms with Gasteiger partial charge in [-0.1, -0.05) is 0 Å². The zero-order valence-corrected chi connectivity index (χ0v) is 8.51. The number of ether oxygens (including phenoxy) is 4. The Bertz CT molecular complexity index is 333. The van der Waals surface area contributed by atoms with Crippen molar-refractivity contribution in [1.29, 1.82) is 0 Å². The average molecular weight is 214 g/mol. The van der Waals surface area contributed by atoms with Crippen LogP contribution in [0.4, 0.5) is 4.79 Å². The number of methoxy groups -OCH3 is 3. The molecule has 1 rings (SSSR count). The van der Waals surface area contributed by atoms with E-state index in [-0.39, 0.29) is 17.8 Å². The minimum atomic E-state index is -0.912. The summed E-state index contributed by atoms with van der Waals surface area (Å²) in [7, 11) is 4.02. The number of aromatic nitrogens is 2. The van der Waals surface area contributed by atoms with E-state index in [4.69, 9.17) is 9.47 Å². The summed E-state index contributed by atoms with van der Waals surface area (Å²) in [5.41, 5.74) is 0. The van der Waals surface area contributed by atoms with E-state index >= 15 is 0 Å². The molecule has 1 aromatic heterocycles. The highest BCUT2D eigenvalue weighted by Crippen LogP contribution is 2.18. The van der Waals surface area contributed by atoms with E-state index < -0.39 is 6.16 Å². The van der Waals surface area contributed by atoms with Crippen LogP contribution in [0.5, 0.6) is 17.8 Å². The van der Waals surface area contributed by atoms with Gasteiger partial charge in [-0.05, 0) is 0 Å². The van der Waals surface area contributed by atoms with Crippen molar-refractivity contribution in [2.45, 2.75) is 0 Å². The Kier molecular flexibility index (Phi) is 3.67. The number of hydrogen-bond donors (Lipinski definition) is 0. The van der Waals surface area contributed by atoms with Crippen molar-refractivity contribution in [2.24, 2.45) is 0 Å². The molecule has 0 aliphatic rings. The molecule has 7 heteroatoms. The lowest BCUT2D eigenvalue weighted by molar-refractivity contribution is 0.117. The molecule has 1 aromatic rings. The molecule has 0 saturated heterocycles. The van der Waals surface area contributed by atoms with Crippen LogP contribution in [0.1, 0.15) is 0 Å². The number of carbonyl (C=O) groups is 1. The molecule has 0 N–H and O–H groups in total. The summed E-state index contributed by atoms with van der Waals surface area (Å²) in [6, 6.07) is 1.25. The summed E-state index contributed by atoms with van der Waals surface area (Å²) in [6.45, 7) is 0. The van der Waals surface area contributed by atoms with Gasteiger partial charge in [0.1, 0.15) is 0 Å². The summed E-state index contributed by atoms with van der Waals surface area (Å²) in [4.78, 5) is 18.3. The first-order chi connectivity index (χ1) is 7.19. The minimum Gasteiger partial charge on any atom is -0.481 e. The molecule has 0 atom stereocenters. The summed E-state index contributed by atoms with van der Waals surface area (Å²) < 4.78 is 18.6. The third-order valence-corrected chi connectivity index (χ3v) is 1.42. The van der Waals surface area contributed by atoms with Gasteiger partial charge in [0.25, 0.3) is 0 Å². The number of hydrogen-bond acceptors (Lipinski definition) is 7.